The van der Waals surface area contributed by atoms with Gasteiger partial charge in [0, 0.05) is 12.2 Å². The number of carboxylic acids is 1. The Labute approximate surface area is 128 Å². The molecule has 2 bridgehead atoms. The summed E-state index contributed by atoms with van der Waals surface area (Å²) in [6.45, 7) is 0.639. The second-order valence-corrected chi connectivity index (χ2v) is 6.06. The van der Waals surface area contributed by atoms with Crippen molar-refractivity contribution in [1.82, 2.24) is 0 Å². The van der Waals surface area contributed by atoms with Gasteiger partial charge in [-0.1, -0.05) is 30.4 Å². The number of aryl methyl sites for hydroxylation is 1. The fraction of sp³-hybridized carbons (Fsp3) is 0.412. The van der Waals surface area contributed by atoms with Crippen LogP contribution in [0.2, 0.25) is 0 Å². The van der Waals surface area contributed by atoms with Gasteiger partial charge in [-0.15, -0.1) is 0 Å². The summed E-state index contributed by atoms with van der Waals surface area (Å²) >= 11 is 0. The van der Waals surface area contributed by atoms with E-state index in [9.17, 15) is 14.7 Å². The van der Waals surface area contributed by atoms with Gasteiger partial charge in [-0.3, -0.25) is 9.59 Å². The van der Waals surface area contributed by atoms with Crippen molar-refractivity contribution in [1.29, 1.82) is 0 Å². The van der Waals surface area contributed by atoms with Crippen molar-refractivity contribution in [2.45, 2.75) is 25.0 Å². The van der Waals surface area contributed by atoms with Crippen LogP contribution in [0.25, 0.3) is 0 Å². The molecule has 0 radical (unpaired) electrons. The zero-order valence-electron chi connectivity index (χ0n) is 12.0. The van der Waals surface area contributed by atoms with E-state index in [2.05, 4.69) is 0 Å². The summed E-state index contributed by atoms with van der Waals surface area (Å²) in [5.41, 5.74) is 2.06. The normalized spacial score (nSPS) is 32.1. The molecule has 1 fully saturated rings. The Morgan fingerprint density at radius 3 is 2.64 bits per heavy atom. The summed E-state index contributed by atoms with van der Waals surface area (Å²) in [6, 6.07) is 7.85. The van der Waals surface area contributed by atoms with E-state index >= 15 is 0 Å². The van der Waals surface area contributed by atoms with Crippen LogP contribution in [-0.4, -0.2) is 35.7 Å². The molecular formula is C17H17NO4. The van der Waals surface area contributed by atoms with E-state index in [1.54, 1.807) is 11.0 Å². The molecule has 114 valence electrons. The summed E-state index contributed by atoms with van der Waals surface area (Å²) < 4.78 is 5.62. The summed E-state index contributed by atoms with van der Waals surface area (Å²) in [5, 5.41) is 9.46. The SMILES string of the molecule is O=C(O)[C@H]1[C@@H](C(=O)N2CCCc3ccccc32)[C@H]2C=C[C@@H]1O2. The van der Waals surface area contributed by atoms with Crippen molar-refractivity contribution >= 4 is 17.6 Å². The van der Waals surface area contributed by atoms with Crippen LogP contribution in [-0.2, 0) is 20.7 Å². The lowest BCUT2D eigenvalue weighted by atomic mass is 9.81. The number of aliphatic carboxylic acids is 1. The maximum absolute atomic E-state index is 13.0. The van der Waals surface area contributed by atoms with Gasteiger partial charge in [-0.2, -0.15) is 0 Å². The lowest BCUT2D eigenvalue weighted by Gasteiger charge is -2.33. The molecule has 1 saturated heterocycles. The number of hydrogen-bond donors (Lipinski definition) is 1. The smallest absolute Gasteiger partial charge is 0.310 e. The number of amides is 1. The topological polar surface area (TPSA) is 66.8 Å². The molecule has 0 aromatic heterocycles. The zero-order valence-corrected chi connectivity index (χ0v) is 12.0. The third-order valence-corrected chi connectivity index (χ3v) is 4.85. The molecular weight excluding hydrogens is 282 g/mol. The second-order valence-electron chi connectivity index (χ2n) is 6.06. The molecule has 5 nitrogen and oxygen atoms in total. The molecule has 1 aromatic carbocycles. The minimum absolute atomic E-state index is 0.128. The first-order chi connectivity index (χ1) is 10.7. The number of hydrogen-bond acceptors (Lipinski definition) is 3. The molecule has 3 aliphatic heterocycles. The van der Waals surface area contributed by atoms with Gasteiger partial charge in [-0.05, 0) is 24.5 Å². The van der Waals surface area contributed by atoms with Crippen LogP contribution < -0.4 is 4.90 Å². The molecule has 0 spiro atoms. The fourth-order valence-corrected chi connectivity index (χ4v) is 3.84. The Morgan fingerprint density at radius 2 is 1.86 bits per heavy atom. The average Bonchev–Trinajstić information content (AvgIpc) is 3.14. The first-order valence-corrected chi connectivity index (χ1v) is 7.62. The average molecular weight is 299 g/mol. The molecule has 0 saturated carbocycles. The van der Waals surface area contributed by atoms with E-state index in [-0.39, 0.29) is 5.91 Å². The number of ether oxygens (including phenoxy) is 1. The Bertz CT molecular complexity index is 668. The van der Waals surface area contributed by atoms with Crippen molar-refractivity contribution < 1.29 is 19.4 Å². The van der Waals surface area contributed by atoms with Crippen molar-refractivity contribution in [3.63, 3.8) is 0 Å². The number of carbonyl (C=O) groups excluding carboxylic acids is 1. The largest absolute Gasteiger partial charge is 0.481 e. The lowest BCUT2D eigenvalue weighted by Crippen LogP contribution is -2.46. The fourth-order valence-electron chi connectivity index (χ4n) is 3.84. The van der Waals surface area contributed by atoms with Gasteiger partial charge >= 0.3 is 5.97 Å². The highest BCUT2D eigenvalue weighted by Gasteiger charge is 2.54. The number of anilines is 1. The maximum Gasteiger partial charge on any atom is 0.310 e. The first kappa shape index (κ1) is 13.5. The van der Waals surface area contributed by atoms with E-state index in [1.165, 1.54) is 0 Å². The van der Waals surface area contributed by atoms with Crippen LogP contribution in [0.1, 0.15) is 12.0 Å². The van der Waals surface area contributed by atoms with Gasteiger partial charge in [0.15, 0.2) is 0 Å². The lowest BCUT2D eigenvalue weighted by molar-refractivity contribution is -0.146. The molecule has 3 heterocycles. The third-order valence-electron chi connectivity index (χ3n) is 4.85. The Balaban J connectivity index is 1.68. The number of para-hydroxylation sites is 1. The third kappa shape index (κ3) is 1.89. The van der Waals surface area contributed by atoms with E-state index in [0.717, 1.165) is 24.1 Å². The Kier molecular flexibility index (Phi) is 3.04. The molecule has 5 heteroatoms. The quantitative estimate of drug-likeness (QED) is 0.843. The number of carbonyl (C=O) groups is 2. The number of nitrogens with zero attached hydrogens (tertiary/aromatic N) is 1. The molecule has 4 atom stereocenters. The first-order valence-electron chi connectivity index (χ1n) is 7.62. The van der Waals surface area contributed by atoms with Crippen LogP contribution in [0.3, 0.4) is 0 Å². The zero-order chi connectivity index (χ0) is 15.3. The van der Waals surface area contributed by atoms with E-state index in [4.69, 9.17) is 4.74 Å². The van der Waals surface area contributed by atoms with Gasteiger partial charge in [0.2, 0.25) is 5.91 Å². The van der Waals surface area contributed by atoms with Gasteiger partial charge in [0.1, 0.15) is 5.92 Å². The monoisotopic (exact) mass is 299 g/mol. The predicted molar refractivity (Wildman–Crippen MR) is 79.5 cm³/mol. The predicted octanol–water partition coefficient (Wildman–Crippen LogP) is 1.62. The number of fused-ring (bicyclic) bond motifs is 3. The molecule has 22 heavy (non-hydrogen) atoms. The highest BCUT2D eigenvalue weighted by Crippen LogP contribution is 2.41. The summed E-state index contributed by atoms with van der Waals surface area (Å²) in [6.07, 6.45) is 4.55. The van der Waals surface area contributed by atoms with E-state index in [0.29, 0.717) is 6.54 Å². The standard InChI is InChI=1S/C17H17NO4/c19-16(14-12-7-8-13(22-12)15(14)17(20)21)18-9-3-5-10-4-1-2-6-11(10)18/h1-2,4,6-8,12-15H,3,5,9H2,(H,20,21)/t12-,13+,14+,15-/m1/s1. The van der Waals surface area contributed by atoms with E-state index in [1.807, 2.05) is 30.3 Å². The Morgan fingerprint density at radius 1 is 1.14 bits per heavy atom. The summed E-state index contributed by atoms with van der Waals surface area (Å²) in [7, 11) is 0. The van der Waals surface area contributed by atoms with Gasteiger partial charge < -0.3 is 14.7 Å². The summed E-state index contributed by atoms with van der Waals surface area (Å²) in [5.74, 6) is -2.49. The second kappa shape index (κ2) is 4.95. The van der Waals surface area contributed by atoms with Crippen LogP contribution in [0.15, 0.2) is 36.4 Å². The van der Waals surface area contributed by atoms with Crippen LogP contribution in [0, 0.1) is 11.8 Å². The van der Waals surface area contributed by atoms with Crippen LogP contribution in [0.4, 0.5) is 5.69 Å². The number of carboxylic acid groups (broad SMARTS) is 1. The number of benzene rings is 1. The van der Waals surface area contributed by atoms with Gasteiger partial charge in [0.05, 0.1) is 18.1 Å². The van der Waals surface area contributed by atoms with Crippen LogP contribution in [0.5, 0.6) is 0 Å². The minimum Gasteiger partial charge on any atom is -0.481 e. The molecule has 4 rings (SSSR count). The molecule has 0 unspecified atom stereocenters. The van der Waals surface area contributed by atoms with Crippen molar-refractivity contribution in [3.8, 4) is 0 Å². The highest BCUT2D eigenvalue weighted by atomic mass is 16.5. The Hall–Kier alpha value is -2.14. The molecule has 1 amide bonds. The molecule has 3 aliphatic rings. The highest BCUT2D eigenvalue weighted by molar-refractivity contribution is 5.99. The van der Waals surface area contributed by atoms with Crippen molar-refractivity contribution in [2.24, 2.45) is 11.8 Å². The van der Waals surface area contributed by atoms with Crippen molar-refractivity contribution in [3.05, 3.63) is 42.0 Å². The summed E-state index contributed by atoms with van der Waals surface area (Å²) in [4.78, 5) is 26.3. The van der Waals surface area contributed by atoms with Crippen LogP contribution >= 0.6 is 0 Å². The van der Waals surface area contributed by atoms with Crippen molar-refractivity contribution in [2.75, 3.05) is 11.4 Å². The molecule has 1 aromatic rings. The minimum atomic E-state index is -0.958. The van der Waals surface area contributed by atoms with E-state index < -0.39 is 30.0 Å². The maximum atomic E-state index is 13.0. The van der Waals surface area contributed by atoms with Gasteiger partial charge in [0.25, 0.3) is 0 Å². The molecule has 0 aliphatic carbocycles. The number of rotatable bonds is 2. The molecule has 1 N–H and O–H groups in total. The van der Waals surface area contributed by atoms with Gasteiger partial charge in [-0.25, -0.2) is 0 Å².